The first-order valence-electron chi connectivity index (χ1n) is 23.7. The molecular formula is C52H52F6IN11O8. The highest BCUT2D eigenvalue weighted by Crippen LogP contribution is 2.43. The van der Waals surface area contributed by atoms with Gasteiger partial charge < -0.3 is 58.4 Å². The number of nitrogens with zero attached hydrogens (tertiary/aromatic N) is 9. The molecule has 0 radical (unpaired) electrons. The van der Waals surface area contributed by atoms with Gasteiger partial charge in [-0.25, -0.2) is 29.1 Å². The number of urea groups is 2. The minimum Gasteiger partial charge on any atom is -1.00 e. The Hall–Kier alpha value is -8.11. The number of benzene rings is 2. The summed E-state index contributed by atoms with van der Waals surface area (Å²) >= 11 is 0. The summed E-state index contributed by atoms with van der Waals surface area (Å²) in [7, 11) is 3.53. The lowest BCUT2D eigenvalue weighted by atomic mass is 9.93. The van der Waals surface area contributed by atoms with Gasteiger partial charge in [-0.2, -0.15) is 36.9 Å². The summed E-state index contributed by atoms with van der Waals surface area (Å²) in [6, 6.07) is 12.3. The Morgan fingerprint density at radius 1 is 0.641 bits per heavy atom. The molecule has 4 aromatic rings. The van der Waals surface area contributed by atoms with Crippen LogP contribution < -0.4 is 44.4 Å². The number of pyridine rings is 2. The van der Waals surface area contributed by atoms with Crippen LogP contribution in [0.1, 0.15) is 73.4 Å². The van der Waals surface area contributed by atoms with Crippen molar-refractivity contribution in [3.8, 4) is 12.1 Å². The van der Waals surface area contributed by atoms with Crippen molar-refractivity contribution < 1.29 is 93.0 Å². The first kappa shape index (κ1) is 60.8. The van der Waals surface area contributed by atoms with Crippen LogP contribution in [0.3, 0.4) is 0 Å². The molecule has 412 valence electrons. The number of hydrogen-bond donors (Lipinski definition) is 2. The van der Waals surface area contributed by atoms with Gasteiger partial charge in [0, 0.05) is 23.8 Å². The van der Waals surface area contributed by atoms with Crippen LogP contribution in [-0.4, -0.2) is 127 Å². The number of carbonyl (C=O) groups is 6. The smallest absolute Gasteiger partial charge is 0.416 e. The normalized spacial score (nSPS) is 16.0. The lowest BCUT2D eigenvalue weighted by Gasteiger charge is -2.42. The Bertz CT molecular complexity index is 2880. The molecule has 2 N–H and O–H groups in total. The number of alkyl halides is 6. The molecule has 0 aliphatic carbocycles. The maximum Gasteiger partial charge on any atom is 0.416 e. The monoisotopic (exact) mass is 1200 g/mol. The van der Waals surface area contributed by atoms with Crippen molar-refractivity contribution in [2.75, 3.05) is 76.4 Å². The highest BCUT2D eigenvalue weighted by atomic mass is 127. The van der Waals surface area contributed by atoms with E-state index in [1.54, 1.807) is 14.1 Å². The van der Waals surface area contributed by atoms with E-state index in [4.69, 9.17) is 9.47 Å². The van der Waals surface area contributed by atoms with E-state index in [1.807, 2.05) is 12.1 Å². The molecule has 2 atom stereocenters. The largest absolute Gasteiger partial charge is 1.00 e. The van der Waals surface area contributed by atoms with Crippen molar-refractivity contribution in [1.82, 2.24) is 30.4 Å². The Morgan fingerprint density at radius 3 is 1.32 bits per heavy atom. The number of quaternary nitrogens is 1. The van der Waals surface area contributed by atoms with Crippen molar-refractivity contribution in [1.29, 1.82) is 10.5 Å². The molecule has 2 unspecified atom stereocenters. The molecule has 4 heterocycles. The van der Waals surface area contributed by atoms with E-state index in [0.717, 1.165) is 56.0 Å². The molecule has 6 rings (SSSR count). The number of allylic oxidation sites excluding steroid dienone is 2. The zero-order valence-electron chi connectivity index (χ0n) is 42.8. The average Bonchev–Trinajstić information content (AvgIpc) is 3.42. The minimum absolute atomic E-state index is 0. The topological polar surface area (TPSA) is 231 Å². The standard InChI is InChI=1S/C52H51F6N11O8.HI/c1-7-76-47(72)43-31(3)67(39-13-9-11-35(23-39)51(53,54)55)49(74)65(45(43)33-15-17-37(25-59)63-27-33)29-41(70)61-19-21-69(5,6)22-20-62-42(71)30-66-46(34-16-18-38(26-60)64-28-34)44(48(73)77-8-2)32(4)68(50(66)75)40-14-10-12-36(24-40)52(56,57)58;/h9-18,23-24,27-28,45-46H,7-8,19-22,29-30H2,1-6H3,(H-,61,62,70,71);1H. The lowest BCUT2D eigenvalue weighted by molar-refractivity contribution is -0.887. The molecule has 0 saturated carbocycles. The lowest BCUT2D eigenvalue weighted by Crippen LogP contribution is -3.00. The minimum atomic E-state index is -4.80. The van der Waals surface area contributed by atoms with E-state index in [1.165, 1.54) is 76.5 Å². The molecule has 2 aromatic carbocycles. The number of nitrogens with one attached hydrogen (secondary N) is 2. The van der Waals surface area contributed by atoms with Crippen LogP contribution >= 0.6 is 0 Å². The second-order valence-electron chi connectivity index (χ2n) is 18.1. The maximum atomic E-state index is 14.5. The fraction of sp³-hybridized carbons (Fsp3) is 0.346. The van der Waals surface area contributed by atoms with Crippen molar-refractivity contribution in [3.05, 3.63) is 141 Å². The molecule has 2 aliphatic rings. The predicted octanol–water partition coefficient (Wildman–Crippen LogP) is 3.91. The van der Waals surface area contributed by atoms with E-state index < -0.39 is 84.5 Å². The Labute approximate surface area is 461 Å². The van der Waals surface area contributed by atoms with E-state index >= 15 is 0 Å². The number of esters is 2. The van der Waals surface area contributed by atoms with Gasteiger partial charge in [0.25, 0.3) is 0 Å². The molecule has 2 aliphatic heterocycles. The van der Waals surface area contributed by atoms with E-state index in [0.29, 0.717) is 0 Å². The Morgan fingerprint density at radius 2 is 1.01 bits per heavy atom. The summed E-state index contributed by atoms with van der Waals surface area (Å²) in [6.07, 6.45) is -7.14. The molecular weight excluding hydrogens is 1150 g/mol. The second-order valence-corrected chi connectivity index (χ2v) is 18.1. The number of likely N-dealkylation sites (N-methyl/N-ethyl adjacent to an activating group) is 1. The number of halogens is 7. The van der Waals surface area contributed by atoms with Gasteiger partial charge >= 0.3 is 36.4 Å². The third-order valence-electron chi connectivity index (χ3n) is 12.5. The highest BCUT2D eigenvalue weighted by Gasteiger charge is 2.46. The molecule has 78 heavy (non-hydrogen) atoms. The number of nitriles is 2. The van der Waals surface area contributed by atoms with E-state index in [2.05, 4.69) is 20.6 Å². The number of anilines is 2. The third kappa shape index (κ3) is 13.9. The van der Waals surface area contributed by atoms with Gasteiger partial charge in [0.05, 0.1) is 99.2 Å². The number of rotatable bonds is 18. The van der Waals surface area contributed by atoms with Gasteiger partial charge in [0.15, 0.2) is 0 Å². The first-order chi connectivity index (χ1) is 36.3. The number of carbonyl (C=O) groups excluding carboxylic acids is 6. The maximum absolute atomic E-state index is 14.5. The van der Waals surface area contributed by atoms with Crippen molar-refractivity contribution in [2.24, 2.45) is 0 Å². The number of hydrogen-bond acceptors (Lipinski definition) is 12. The van der Waals surface area contributed by atoms with Crippen LogP contribution in [0.4, 0.5) is 47.3 Å². The summed E-state index contributed by atoms with van der Waals surface area (Å²) in [5.74, 6) is -3.35. The molecule has 0 bridgehead atoms. The predicted molar refractivity (Wildman–Crippen MR) is 262 cm³/mol. The summed E-state index contributed by atoms with van der Waals surface area (Å²) < 4.78 is 94.4. The third-order valence-corrected chi connectivity index (χ3v) is 12.5. The van der Waals surface area contributed by atoms with E-state index in [9.17, 15) is 65.6 Å². The number of ether oxygens (including phenoxy) is 2. The molecule has 26 heteroatoms. The van der Waals surface area contributed by atoms with Crippen LogP contribution in [-0.2, 0) is 41.0 Å². The summed E-state index contributed by atoms with van der Waals surface area (Å²) in [6.45, 7) is 4.41. The average molecular weight is 1200 g/mol. The molecule has 2 aromatic heterocycles. The summed E-state index contributed by atoms with van der Waals surface area (Å²) in [4.78, 5) is 96.1. The Kier molecular flexibility index (Phi) is 19.8. The van der Waals surface area contributed by atoms with Gasteiger partial charge in [0.2, 0.25) is 11.8 Å². The van der Waals surface area contributed by atoms with Gasteiger partial charge in [-0.3, -0.25) is 19.4 Å². The van der Waals surface area contributed by atoms with Crippen LogP contribution in [0.5, 0.6) is 0 Å². The number of aromatic nitrogens is 2. The molecule has 0 saturated heterocycles. The van der Waals surface area contributed by atoms with Crippen molar-refractivity contribution >= 4 is 47.2 Å². The molecule has 0 fully saturated rings. The summed E-state index contributed by atoms with van der Waals surface area (Å²) in [5.41, 5.74) is -2.86. The second kappa shape index (κ2) is 25.4. The van der Waals surface area contributed by atoms with Gasteiger partial charge in [0.1, 0.15) is 36.6 Å². The van der Waals surface area contributed by atoms with Crippen LogP contribution in [0.25, 0.3) is 0 Å². The molecule has 19 nitrogen and oxygen atoms in total. The zero-order chi connectivity index (χ0) is 56.6. The van der Waals surface area contributed by atoms with Gasteiger partial charge in [-0.15, -0.1) is 0 Å². The van der Waals surface area contributed by atoms with Crippen LogP contribution in [0, 0.1) is 22.7 Å². The van der Waals surface area contributed by atoms with Gasteiger partial charge in [-0.05, 0) is 87.4 Å². The van der Waals surface area contributed by atoms with Crippen molar-refractivity contribution in [3.63, 3.8) is 0 Å². The zero-order valence-corrected chi connectivity index (χ0v) is 45.0. The van der Waals surface area contributed by atoms with E-state index in [-0.39, 0.29) is 124 Å². The summed E-state index contributed by atoms with van der Waals surface area (Å²) in [5, 5.41) is 24.3. The number of amides is 6. The Balaban J connectivity index is 0.0000112. The highest BCUT2D eigenvalue weighted by molar-refractivity contribution is 6.05. The quantitative estimate of drug-likeness (QED) is 0.0626. The van der Waals surface area contributed by atoms with Gasteiger partial charge in [-0.1, -0.05) is 24.3 Å². The molecule has 6 amide bonds. The first-order valence-corrected chi connectivity index (χ1v) is 23.7. The van der Waals surface area contributed by atoms with Crippen LogP contribution in [0.2, 0.25) is 0 Å². The fourth-order valence-corrected chi connectivity index (χ4v) is 8.71. The molecule has 0 spiro atoms. The fourth-order valence-electron chi connectivity index (χ4n) is 8.71. The van der Waals surface area contributed by atoms with Crippen molar-refractivity contribution in [2.45, 2.75) is 52.1 Å². The SMILES string of the molecule is CCOC(=O)C1=C(C)N(c2cccc(C(F)(F)F)c2)C(=O)N(CC(=O)NCC[N+](C)(C)CCNC(=O)CN2C(=O)N(c3cccc(C(F)(F)F)c3)C(C)=C(C(=O)OCC)C2c2ccc(C#N)nc2)C1c1ccc(C#N)nc1.[I-]. The van der Waals surface area contributed by atoms with Crippen LogP contribution in [0.15, 0.2) is 108 Å².